The number of carbonyl (C=O) groups is 4. The Bertz CT molecular complexity index is 813. The number of likely N-dealkylation sites (tertiary alicyclic amines) is 1. The standard InChI is InChI=1S/C8H13NO2.C7H12O3.C6H11NO2.C5H8O3/c1-7(2)11-8(10)9-5-3-4-6-9;1-5(2)9-7(8)10-6(3)4;1-5(2)9-6(8)7(3)4;1-4(2)8-5(6)7-3/h1,3-6H2,2H3;6H,1H2,2-4H3;1H2,2-4H3;1H2,2-3H3. The van der Waals surface area contributed by atoms with E-state index in [9.17, 15) is 19.2 Å². The Labute approximate surface area is 226 Å². The smallest absolute Gasteiger partial charge is 0.437 e. The van der Waals surface area contributed by atoms with Gasteiger partial charge in [0.2, 0.25) is 0 Å². The van der Waals surface area contributed by atoms with Crippen molar-refractivity contribution in [1.82, 2.24) is 9.80 Å². The molecule has 0 aliphatic carbocycles. The average Bonchev–Trinajstić information content (AvgIpc) is 3.27. The summed E-state index contributed by atoms with van der Waals surface area (Å²) in [6, 6.07) is 0. The number of allylic oxidation sites excluding steroid dienone is 4. The minimum Gasteiger partial charge on any atom is -0.437 e. The topological polar surface area (TPSA) is 130 Å². The first-order valence-electron chi connectivity index (χ1n) is 11.5. The van der Waals surface area contributed by atoms with Gasteiger partial charge < -0.3 is 38.2 Å². The Balaban J connectivity index is -0.000000433. The Hall–Kier alpha value is -3.96. The van der Waals surface area contributed by atoms with Gasteiger partial charge in [0.1, 0.15) is 11.5 Å². The molecule has 1 aliphatic rings. The van der Waals surface area contributed by atoms with E-state index in [1.807, 2.05) is 0 Å². The third kappa shape index (κ3) is 28.3. The van der Waals surface area contributed by atoms with Crippen LogP contribution in [0.4, 0.5) is 19.2 Å². The number of hydrogen-bond donors (Lipinski definition) is 0. The molecular formula is C26H44N2O10. The van der Waals surface area contributed by atoms with Crippen LogP contribution in [0.2, 0.25) is 0 Å². The second-order valence-electron chi connectivity index (χ2n) is 8.21. The van der Waals surface area contributed by atoms with Crippen molar-refractivity contribution >= 4 is 24.5 Å². The van der Waals surface area contributed by atoms with Crippen LogP contribution >= 0.6 is 0 Å². The second-order valence-corrected chi connectivity index (χ2v) is 8.21. The molecule has 0 spiro atoms. The van der Waals surface area contributed by atoms with Gasteiger partial charge in [0.05, 0.1) is 24.7 Å². The summed E-state index contributed by atoms with van der Waals surface area (Å²) in [5.41, 5.74) is 0. The van der Waals surface area contributed by atoms with Crippen LogP contribution in [0, 0.1) is 0 Å². The number of amides is 2. The van der Waals surface area contributed by atoms with Gasteiger partial charge in [-0.3, -0.25) is 0 Å². The zero-order chi connectivity index (χ0) is 30.4. The highest BCUT2D eigenvalue weighted by Gasteiger charge is 2.18. The first kappa shape index (κ1) is 38.6. The van der Waals surface area contributed by atoms with Crippen LogP contribution < -0.4 is 0 Å². The van der Waals surface area contributed by atoms with Crippen LogP contribution in [-0.2, 0) is 28.4 Å². The van der Waals surface area contributed by atoms with Crippen molar-refractivity contribution in [2.24, 2.45) is 0 Å². The van der Waals surface area contributed by atoms with Crippen LogP contribution in [0.5, 0.6) is 0 Å². The molecule has 0 aromatic carbocycles. The summed E-state index contributed by atoms with van der Waals surface area (Å²) in [6.07, 6.45) is -0.0271. The molecule has 38 heavy (non-hydrogen) atoms. The van der Waals surface area contributed by atoms with E-state index in [0.717, 1.165) is 25.9 Å². The molecule has 2 amide bonds. The largest absolute Gasteiger partial charge is 0.513 e. The van der Waals surface area contributed by atoms with Crippen LogP contribution in [0.15, 0.2) is 49.4 Å². The van der Waals surface area contributed by atoms with E-state index < -0.39 is 12.3 Å². The molecule has 1 heterocycles. The lowest BCUT2D eigenvalue weighted by Gasteiger charge is -2.14. The van der Waals surface area contributed by atoms with E-state index in [1.165, 1.54) is 12.0 Å². The molecule has 12 heteroatoms. The first-order valence-corrected chi connectivity index (χ1v) is 11.5. The summed E-state index contributed by atoms with van der Waals surface area (Å²) in [7, 11) is 4.47. The Morgan fingerprint density at radius 2 is 1.11 bits per heavy atom. The summed E-state index contributed by atoms with van der Waals surface area (Å²) in [5, 5.41) is 0. The van der Waals surface area contributed by atoms with Crippen molar-refractivity contribution in [2.45, 2.75) is 60.5 Å². The van der Waals surface area contributed by atoms with Crippen molar-refractivity contribution in [3.05, 3.63) is 49.4 Å². The molecule has 1 saturated heterocycles. The minimum absolute atomic E-state index is 0.146. The van der Waals surface area contributed by atoms with Gasteiger partial charge in [0.15, 0.2) is 0 Å². The number of hydrogen-bond acceptors (Lipinski definition) is 10. The summed E-state index contributed by atoms with van der Waals surface area (Å²) >= 11 is 0. The fourth-order valence-corrected chi connectivity index (χ4v) is 1.90. The van der Waals surface area contributed by atoms with Gasteiger partial charge in [0, 0.05) is 27.2 Å². The van der Waals surface area contributed by atoms with Gasteiger partial charge in [-0.2, -0.15) is 0 Å². The van der Waals surface area contributed by atoms with Gasteiger partial charge in [-0.15, -0.1) is 0 Å². The van der Waals surface area contributed by atoms with E-state index >= 15 is 0 Å². The number of ether oxygens (including phenoxy) is 6. The van der Waals surface area contributed by atoms with Crippen LogP contribution in [0.3, 0.4) is 0 Å². The highest BCUT2D eigenvalue weighted by atomic mass is 16.7. The average molecular weight is 545 g/mol. The molecule has 0 saturated carbocycles. The van der Waals surface area contributed by atoms with E-state index in [1.54, 1.807) is 60.5 Å². The minimum atomic E-state index is -0.725. The SMILES string of the molecule is C=C(C)OC(=O)N(C)C.C=C(C)OC(=O)N1CCCC1.C=C(C)OC(=O)OC.C=C(C)OC(=O)OC(C)C. The summed E-state index contributed by atoms with van der Waals surface area (Å²) < 4.78 is 27.1. The molecule has 0 N–H and O–H groups in total. The summed E-state index contributed by atoms with van der Waals surface area (Å²) in [4.78, 5) is 45.4. The normalized spacial score (nSPS) is 10.8. The maximum absolute atomic E-state index is 11.1. The maximum Gasteiger partial charge on any atom is 0.513 e. The molecule has 218 valence electrons. The van der Waals surface area contributed by atoms with Crippen molar-refractivity contribution in [2.75, 3.05) is 34.3 Å². The number of carbonyl (C=O) groups excluding carboxylic acids is 4. The van der Waals surface area contributed by atoms with Crippen molar-refractivity contribution in [3.63, 3.8) is 0 Å². The lowest BCUT2D eigenvalue weighted by molar-refractivity contribution is 0.0540. The monoisotopic (exact) mass is 544 g/mol. The first-order chi connectivity index (χ1) is 17.4. The van der Waals surface area contributed by atoms with E-state index in [-0.39, 0.29) is 18.3 Å². The summed E-state index contributed by atoms with van der Waals surface area (Å²) in [6.45, 7) is 25.2. The fraction of sp³-hybridized carbons (Fsp3) is 0.538. The lowest BCUT2D eigenvalue weighted by Crippen LogP contribution is -2.27. The van der Waals surface area contributed by atoms with Crippen molar-refractivity contribution < 1.29 is 47.6 Å². The zero-order valence-electron chi connectivity index (χ0n) is 24.2. The van der Waals surface area contributed by atoms with Crippen molar-refractivity contribution in [3.8, 4) is 0 Å². The van der Waals surface area contributed by atoms with Crippen LogP contribution in [-0.4, -0.2) is 74.7 Å². The fourth-order valence-electron chi connectivity index (χ4n) is 1.90. The Kier molecular flexibility index (Phi) is 22.6. The number of nitrogens with zero attached hydrogens (tertiary/aromatic N) is 2. The van der Waals surface area contributed by atoms with Crippen molar-refractivity contribution in [1.29, 1.82) is 0 Å². The molecule has 12 nitrogen and oxygen atoms in total. The molecule has 0 atom stereocenters. The third-order valence-electron chi connectivity index (χ3n) is 3.27. The van der Waals surface area contributed by atoms with Gasteiger partial charge in [-0.1, -0.05) is 26.3 Å². The van der Waals surface area contributed by atoms with E-state index in [0.29, 0.717) is 23.0 Å². The second kappa shape index (κ2) is 22.3. The predicted octanol–water partition coefficient (Wildman–Crippen LogP) is 6.36. The predicted molar refractivity (Wildman–Crippen MR) is 143 cm³/mol. The Morgan fingerprint density at radius 3 is 1.37 bits per heavy atom. The van der Waals surface area contributed by atoms with Gasteiger partial charge in [-0.25, -0.2) is 19.2 Å². The van der Waals surface area contributed by atoms with Crippen LogP contribution in [0.25, 0.3) is 0 Å². The summed E-state index contributed by atoms with van der Waals surface area (Å²) in [5.74, 6) is 1.54. The number of methoxy groups -OCH3 is 1. The molecule has 0 bridgehead atoms. The van der Waals surface area contributed by atoms with Gasteiger partial charge >= 0.3 is 24.5 Å². The lowest BCUT2D eigenvalue weighted by atomic mass is 10.4. The maximum atomic E-state index is 11.1. The Morgan fingerprint density at radius 1 is 0.711 bits per heavy atom. The molecule has 0 aromatic rings. The van der Waals surface area contributed by atoms with Gasteiger partial charge in [0.25, 0.3) is 0 Å². The molecule has 1 fully saturated rings. The highest BCUT2D eigenvalue weighted by molar-refractivity contribution is 5.69. The molecule has 0 unspecified atom stereocenters. The molecule has 0 radical (unpaired) electrons. The van der Waals surface area contributed by atoms with Crippen LogP contribution in [0.1, 0.15) is 54.4 Å². The molecule has 0 aromatic heterocycles. The van der Waals surface area contributed by atoms with Gasteiger partial charge in [-0.05, 0) is 54.4 Å². The highest BCUT2D eigenvalue weighted by Crippen LogP contribution is 2.10. The zero-order valence-corrected chi connectivity index (χ0v) is 24.2. The quantitative estimate of drug-likeness (QED) is 0.219. The molecule has 1 rings (SSSR count). The number of rotatable bonds is 5. The third-order valence-corrected chi connectivity index (χ3v) is 3.27. The van der Waals surface area contributed by atoms with E-state index in [4.69, 9.17) is 4.74 Å². The van der Waals surface area contributed by atoms with E-state index in [2.05, 4.69) is 50.0 Å². The molecule has 1 aliphatic heterocycles. The molecular weight excluding hydrogens is 500 g/mol.